The summed E-state index contributed by atoms with van der Waals surface area (Å²) in [6, 6.07) is 7.29. The average molecular weight is 549 g/mol. The first-order valence-electron chi connectivity index (χ1n) is 12.6. The number of benzene rings is 1. The summed E-state index contributed by atoms with van der Waals surface area (Å²) in [5.41, 5.74) is 7.01. The van der Waals surface area contributed by atoms with Crippen LogP contribution in [0.1, 0.15) is 57.4 Å². The Labute approximate surface area is 228 Å². The number of nitrogens with one attached hydrogen (secondary N) is 1. The van der Waals surface area contributed by atoms with Crippen LogP contribution in [0, 0.1) is 12.8 Å². The second kappa shape index (κ2) is 13.1. The van der Waals surface area contributed by atoms with E-state index in [9.17, 15) is 14.4 Å². The fourth-order valence-corrected chi connectivity index (χ4v) is 5.34. The Morgan fingerprint density at radius 1 is 1.16 bits per heavy atom. The minimum Gasteiger partial charge on any atom is -0.384 e. The van der Waals surface area contributed by atoms with Crippen LogP contribution in [0.25, 0.3) is 0 Å². The predicted octanol–water partition coefficient (Wildman–Crippen LogP) is 5.60. The molecule has 2 heterocycles. The molecule has 1 aliphatic heterocycles. The summed E-state index contributed by atoms with van der Waals surface area (Å²) in [4.78, 5) is 44.1. The van der Waals surface area contributed by atoms with Crippen molar-refractivity contribution in [3.8, 4) is 0 Å². The second-order valence-corrected chi connectivity index (χ2v) is 10.5. The number of likely N-dealkylation sites (tertiary alicyclic amines) is 1. The van der Waals surface area contributed by atoms with Crippen LogP contribution in [0.3, 0.4) is 0 Å². The first-order chi connectivity index (χ1) is 17.6. The van der Waals surface area contributed by atoms with Crippen molar-refractivity contribution in [3.05, 3.63) is 52.1 Å². The van der Waals surface area contributed by atoms with E-state index in [1.807, 2.05) is 26.0 Å². The molecule has 2 aromatic rings. The molecule has 10 heteroatoms. The van der Waals surface area contributed by atoms with E-state index < -0.39 is 12.1 Å². The van der Waals surface area contributed by atoms with E-state index in [1.54, 1.807) is 31.4 Å². The molecule has 1 aromatic carbocycles. The molecule has 1 aromatic heterocycles. The number of aromatic nitrogens is 1. The number of anilines is 2. The second-order valence-electron chi connectivity index (χ2n) is 9.63. The molecule has 0 spiro atoms. The minimum atomic E-state index is -0.811. The fraction of sp³-hybridized carbons (Fsp3) is 0.481. The van der Waals surface area contributed by atoms with Gasteiger partial charge in [0.2, 0.25) is 5.91 Å². The van der Waals surface area contributed by atoms with Crippen molar-refractivity contribution in [2.45, 2.75) is 70.9 Å². The van der Waals surface area contributed by atoms with Crippen LogP contribution in [0.2, 0.25) is 10.0 Å². The molecule has 1 aliphatic carbocycles. The number of hydrogen-bond acceptors (Lipinski definition) is 5. The topological polar surface area (TPSA) is 109 Å². The Balaban J connectivity index is 0.000000405. The number of likely N-dealkylation sites (N-methyl/N-ethyl adjacent to an activating group) is 1. The van der Waals surface area contributed by atoms with Gasteiger partial charge in [0.1, 0.15) is 11.9 Å². The molecule has 8 nitrogen and oxygen atoms in total. The highest BCUT2D eigenvalue weighted by atomic mass is 35.5. The highest BCUT2D eigenvalue weighted by molar-refractivity contribution is 6.35. The van der Waals surface area contributed by atoms with Gasteiger partial charge in [-0.15, -0.1) is 0 Å². The Hall–Kier alpha value is -2.84. The summed E-state index contributed by atoms with van der Waals surface area (Å²) >= 11 is 12.0. The van der Waals surface area contributed by atoms with E-state index in [0.29, 0.717) is 27.5 Å². The lowest BCUT2D eigenvalue weighted by atomic mass is 9.83. The van der Waals surface area contributed by atoms with Crippen molar-refractivity contribution in [2.75, 3.05) is 17.7 Å². The maximum absolute atomic E-state index is 12.9. The summed E-state index contributed by atoms with van der Waals surface area (Å²) in [6.07, 6.45) is 8.29. The zero-order valence-electron chi connectivity index (χ0n) is 21.5. The molecular weight excluding hydrogens is 513 g/mol. The summed E-state index contributed by atoms with van der Waals surface area (Å²) in [7, 11) is 1.58. The number of imide groups is 1. The van der Waals surface area contributed by atoms with Crippen molar-refractivity contribution < 1.29 is 14.4 Å². The number of nitrogens with two attached hydrogens (primary N) is 1. The number of hydrogen-bond donors (Lipinski definition) is 2. The van der Waals surface area contributed by atoms with Gasteiger partial charge in [-0.1, -0.05) is 49.4 Å². The van der Waals surface area contributed by atoms with Gasteiger partial charge in [-0.2, -0.15) is 0 Å². The van der Waals surface area contributed by atoms with E-state index in [0.717, 1.165) is 29.7 Å². The molecule has 37 heavy (non-hydrogen) atoms. The number of halogens is 2. The Kier molecular flexibility index (Phi) is 10.2. The predicted molar refractivity (Wildman–Crippen MR) is 148 cm³/mol. The molecule has 0 bridgehead atoms. The zero-order valence-corrected chi connectivity index (χ0v) is 23.1. The molecule has 2 unspecified atom stereocenters. The minimum absolute atomic E-state index is 0.0190. The normalized spacial score (nSPS) is 18.2. The van der Waals surface area contributed by atoms with Crippen LogP contribution in [0.4, 0.5) is 16.3 Å². The molecule has 4 amide bonds. The lowest BCUT2D eigenvalue weighted by Gasteiger charge is -2.40. The van der Waals surface area contributed by atoms with Crippen molar-refractivity contribution >= 4 is 52.6 Å². The molecule has 4 rings (SSSR count). The highest BCUT2D eigenvalue weighted by Crippen LogP contribution is 2.30. The number of carbonyl (C=O) groups is 3. The number of pyridine rings is 1. The summed E-state index contributed by atoms with van der Waals surface area (Å²) < 4.78 is 0. The van der Waals surface area contributed by atoms with Crippen LogP contribution < -0.4 is 16.0 Å². The molecule has 1 saturated carbocycles. The highest BCUT2D eigenvalue weighted by Gasteiger charge is 2.47. The lowest BCUT2D eigenvalue weighted by molar-refractivity contribution is -0.147. The van der Waals surface area contributed by atoms with Crippen molar-refractivity contribution in [2.24, 2.45) is 5.92 Å². The van der Waals surface area contributed by atoms with E-state index in [-0.39, 0.29) is 24.3 Å². The number of nitrogen functional groups attached to an aromatic ring is 1. The number of rotatable bonds is 5. The SMILES string of the molecule is CCC(NC(=O)N1C(=O)CC1C(=O)N(C)c1cc(Cl)cc(Cl)c1)C1CCCCC1.Cc1ccnc(N)c1. The van der Waals surface area contributed by atoms with Crippen LogP contribution in [0.15, 0.2) is 36.5 Å². The Bertz CT molecular complexity index is 1090. The van der Waals surface area contributed by atoms with Crippen LogP contribution in [0.5, 0.6) is 0 Å². The lowest BCUT2D eigenvalue weighted by Crippen LogP contribution is -2.65. The average Bonchev–Trinajstić information content (AvgIpc) is 2.85. The molecule has 2 fully saturated rings. The van der Waals surface area contributed by atoms with Crippen LogP contribution >= 0.6 is 23.2 Å². The first kappa shape index (κ1) is 28.7. The van der Waals surface area contributed by atoms with Crippen LogP contribution in [-0.2, 0) is 9.59 Å². The first-order valence-corrected chi connectivity index (χ1v) is 13.4. The molecule has 0 radical (unpaired) electrons. The number of aryl methyl sites for hydroxylation is 1. The molecule has 3 N–H and O–H groups in total. The van der Waals surface area contributed by atoms with Crippen molar-refractivity contribution in [3.63, 3.8) is 0 Å². The van der Waals surface area contributed by atoms with Gasteiger partial charge in [-0.25, -0.2) is 9.78 Å². The van der Waals surface area contributed by atoms with E-state index in [4.69, 9.17) is 28.9 Å². The Morgan fingerprint density at radius 3 is 2.32 bits per heavy atom. The number of urea groups is 1. The third kappa shape index (κ3) is 7.58. The maximum Gasteiger partial charge on any atom is 0.325 e. The van der Waals surface area contributed by atoms with E-state index in [2.05, 4.69) is 10.3 Å². The van der Waals surface area contributed by atoms with Crippen molar-refractivity contribution in [1.82, 2.24) is 15.2 Å². The molecule has 2 atom stereocenters. The van der Waals surface area contributed by atoms with Gasteiger partial charge < -0.3 is 16.0 Å². The monoisotopic (exact) mass is 547 g/mol. The van der Waals surface area contributed by atoms with E-state index >= 15 is 0 Å². The molecule has 1 saturated heterocycles. The Morgan fingerprint density at radius 2 is 1.81 bits per heavy atom. The van der Waals surface area contributed by atoms with Gasteiger partial charge in [0.25, 0.3) is 5.91 Å². The number of β-lactam (4-membered cyclic amide) rings is 1. The zero-order chi connectivity index (χ0) is 27.1. The quantitative estimate of drug-likeness (QED) is 0.473. The van der Waals surface area contributed by atoms with Crippen molar-refractivity contribution in [1.29, 1.82) is 0 Å². The summed E-state index contributed by atoms with van der Waals surface area (Å²) in [5, 5.41) is 3.82. The van der Waals surface area contributed by atoms with Gasteiger partial charge in [0.15, 0.2) is 0 Å². The number of nitrogens with zero attached hydrogens (tertiary/aromatic N) is 3. The fourth-order valence-electron chi connectivity index (χ4n) is 4.83. The maximum atomic E-state index is 12.9. The third-order valence-corrected chi connectivity index (χ3v) is 7.36. The van der Waals surface area contributed by atoms with Gasteiger partial charge in [0, 0.05) is 35.0 Å². The number of amides is 4. The molecular formula is C27H35Cl2N5O3. The largest absolute Gasteiger partial charge is 0.384 e. The molecule has 2 aliphatic rings. The van der Waals surface area contributed by atoms with Gasteiger partial charge in [0.05, 0.1) is 6.42 Å². The van der Waals surface area contributed by atoms with E-state index in [1.165, 1.54) is 24.2 Å². The summed E-state index contributed by atoms with van der Waals surface area (Å²) in [5.74, 6) is 0.338. The third-order valence-electron chi connectivity index (χ3n) is 6.92. The van der Waals surface area contributed by atoms with Gasteiger partial charge in [-0.05, 0) is 68.0 Å². The molecule has 200 valence electrons. The standard InChI is InChI=1S/C21H27Cl2N3O3.C6H8N2/c1-3-17(13-7-5-4-6-8-13)24-21(29)26-18(12-19(26)27)20(28)25(2)16-10-14(22)9-15(23)11-16;1-5-2-3-8-6(7)4-5/h9-11,13,17-18H,3-8,12H2,1-2H3,(H,24,29);2-4H,1H3,(H2,7,8). The van der Waals surface area contributed by atoms with Gasteiger partial charge >= 0.3 is 6.03 Å². The smallest absolute Gasteiger partial charge is 0.325 e. The van der Waals surface area contributed by atoms with Crippen LogP contribution in [-0.4, -0.2) is 46.9 Å². The summed E-state index contributed by atoms with van der Waals surface area (Å²) in [6.45, 7) is 4.02. The van der Waals surface area contributed by atoms with Gasteiger partial charge in [-0.3, -0.25) is 14.5 Å². The number of carbonyl (C=O) groups excluding carboxylic acids is 3.